The van der Waals surface area contributed by atoms with Crippen molar-refractivity contribution in [3.8, 4) is 11.5 Å². The molecule has 0 saturated heterocycles. The van der Waals surface area contributed by atoms with Gasteiger partial charge in [-0.1, -0.05) is 6.07 Å². The van der Waals surface area contributed by atoms with Gasteiger partial charge >= 0.3 is 5.97 Å². The molecule has 0 bridgehead atoms. The molecule has 0 atom stereocenters. The number of fused-ring (bicyclic) bond motifs is 1. The minimum Gasteiger partial charge on any atom is -0.459 e. The van der Waals surface area contributed by atoms with Crippen molar-refractivity contribution in [1.29, 1.82) is 0 Å². The third-order valence-electron chi connectivity index (χ3n) is 3.98. The number of amides is 2. The molecular formula is C20H20N2O6S. The summed E-state index contributed by atoms with van der Waals surface area (Å²) in [6, 6.07) is 5.28. The number of thiophene rings is 1. The summed E-state index contributed by atoms with van der Waals surface area (Å²) in [6.07, 6.45) is 2.56. The van der Waals surface area contributed by atoms with Crippen molar-refractivity contribution >= 4 is 40.2 Å². The standard InChI is InChI=1S/C20H20N2O6S/c1-10(2)28-20(25)16-11(3)17(18(21)24)29-19(16)22-15(23)7-5-12-4-6-13-14(8-12)27-9-26-13/h4-8,10H,9H2,1-3H3,(H2,21,24)(H,22,23)/b7-5+. The van der Waals surface area contributed by atoms with Crippen molar-refractivity contribution < 1.29 is 28.6 Å². The Morgan fingerprint density at radius 2 is 1.97 bits per heavy atom. The fourth-order valence-electron chi connectivity index (χ4n) is 2.70. The highest BCUT2D eigenvalue weighted by molar-refractivity contribution is 7.18. The normalized spacial score (nSPS) is 12.4. The van der Waals surface area contributed by atoms with Crippen LogP contribution in [0.15, 0.2) is 24.3 Å². The van der Waals surface area contributed by atoms with Crippen LogP contribution < -0.4 is 20.5 Å². The molecule has 9 heteroatoms. The van der Waals surface area contributed by atoms with Gasteiger partial charge in [0.15, 0.2) is 11.5 Å². The van der Waals surface area contributed by atoms with Gasteiger partial charge in [-0.2, -0.15) is 0 Å². The lowest BCUT2D eigenvalue weighted by Gasteiger charge is -2.09. The molecule has 1 aromatic heterocycles. The number of nitrogens with two attached hydrogens (primary N) is 1. The van der Waals surface area contributed by atoms with E-state index in [1.54, 1.807) is 45.0 Å². The summed E-state index contributed by atoms with van der Waals surface area (Å²) in [5, 5.41) is 2.84. The predicted octanol–water partition coefficient (Wildman–Crippen LogP) is 3.10. The summed E-state index contributed by atoms with van der Waals surface area (Å²) < 4.78 is 15.8. The molecule has 0 fully saturated rings. The van der Waals surface area contributed by atoms with Crippen LogP contribution in [0.4, 0.5) is 5.00 Å². The van der Waals surface area contributed by atoms with Crippen LogP contribution in [0.1, 0.15) is 45.0 Å². The van der Waals surface area contributed by atoms with E-state index < -0.39 is 17.8 Å². The number of anilines is 1. The van der Waals surface area contributed by atoms with Gasteiger partial charge in [0, 0.05) is 6.08 Å². The Bertz CT molecular complexity index is 1010. The van der Waals surface area contributed by atoms with E-state index in [-0.39, 0.29) is 28.3 Å². The van der Waals surface area contributed by atoms with Gasteiger partial charge in [-0.05, 0) is 50.1 Å². The van der Waals surface area contributed by atoms with Crippen LogP contribution in [-0.4, -0.2) is 30.7 Å². The molecule has 1 aromatic carbocycles. The summed E-state index contributed by atoms with van der Waals surface area (Å²) in [5.41, 5.74) is 6.62. The van der Waals surface area contributed by atoms with Gasteiger partial charge in [-0.3, -0.25) is 9.59 Å². The van der Waals surface area contributed by atoms with Crippen molar-refractivity contribution in [2.24, 2.45) is 5.73 Å². The summed E-state index contributed by atoms with van der Waals surface area (Å²) in [5.74, 6) is -0.531. The van der Waals surface area contributed by atoms with Crippen molar-refractivity contribution in [2.45, 2.75) is 26.9 Å². The van der Waals surface area contributed by atoms with Gasteiger partial charge in [-0.15, -0.1) is 11.3 Å². The quantitative estimate of drug-likeness (QED) is 0.552. The van der Waals surface area contributed by atoms with Gasteiger partial charge < -0.3 is 25.3 Å². The monoisotopic (exact) mass is 416 g/mol. The molecule has 0 radical (unpaired) electrons. The van der Waals surface area contributed by atoms with E-state index in [9.17, 15) is 14.4 Å². The maximum atomic E-state index is 12.4. The first-order valence-electron chi connectivity index (χ1n) is 8.79. The molecule has 3 N–H and O–H groups in total. The second-order valence-electron chi connectivity index (χ2n) is 6.51. The third-order valence-corrected chi connectivity index (χ3v) is 5.20. The summed E-state index contributed by atoms with van der Waals surface area (Å²) in [6.45, 7) is 5.17. The number of rotatable bonds is 6. The Labute approximate surface area is 171 Å². The van der Waals surface area contributed by atoms with Crippen LogP contribution in [0.2, 0.25) is 0 Å². The van der Waals surface area contributed by atoms with Gasteiger partial charge in [0.05, 0.1) is 16.5 Å². The van der Waals surface area contributed by atoms with Gasteiger partial charge in [0.2, 0.25) is 12.7 Å². The molecule has 1 aliphatic rings. The van der Waals surface area contributed by atoms with Gasteiger partial charge in [-0.25, -0.2) is 4.79 Å². The lowest BCUT2D eigenvalue weighted by atomic mass is 10.1. The Hall–Kier alpha value is -3.33. The molecule has 29 heavy (non-hydrogen) atoms. The Balaban J connectivity index is 1.81. The Morgan fingerprint density at radius 1 is 1.24 bits per heavy atom. The second-order valence-corrected chi connectivity index (χ2v) is 7.53. The molecule has 2 aromatic rings. The van der Waals surface area contributed by atoms with Crippen LogP contribution in [0.3, 0.4) is 0 Å². The highest BCUT2D eigenvalue weighted by Crippen LogP contribution is 2.34. The fraction of sp³-hybridized carbons (Fsp3) is 0.250. The number of hydrogen-bond donors (Lipinski definition) is 2. The maximum Gasteiger partial charge on any atom is 0.341 e. The topological polar surface area (TPSA) is 117 Å². The zero-order valence-corrected chi connectivity index (χ0v) is 16.9. The lowest BCUT2D eigenvalue weighted by Crippen LogP contribution is -2.16. The van der Waals surface area contributed by atoms with Crippen LogP contribution in [-0.2, 0) is 9.53 Å². The van der Waals surface area contributed by atoms with Crippen molar-refractivity contribution in [3.63, 3.8) is 0 Å². The minimum absolute atomic E-state index is 0.127. The molecule has 0 unspecified atom stereocenters. The Morgan fingerprint density at radius 3 is 2.66 bits per heavy atom. The highest BCUT2D eigenvalue weighted by Gasteiger charge is 2.26. The van der Waals surface area contributed by atoms with E-state index >= 15 is 0 Å². The van der Waals surface area contributed by atoms with E-state index in [0.717, 1.165) is 16.9 Å². The summed E-state index contributed by atoms with van der Waals surface area (Å²) in [7, 11) is 0. The van der Waals surface area contributed by atoms with Crippen LogP contribution in [0.25, 0.3) is 6.08 Å². The molecule has 1 aliphatic heterocycles. The molecule has 3 rings (SSSR count). The van der Waals surface area contributed by atoms with Gasteiger partial charge in [0.1, 0.15) is 5.00 Å². The average Bonchev–Trinajstić information content (AvgIpc) is 3.23. The number of esters is 1. The maximum absolute atomic E-state index is 12.4. The zero-order valence-electron chi connectivity index (χ0n) is 16.1. The predicted molar refractivity (Wildman–Crippen MR) is 108 cm³/mol. The van der Waals surface area contributed by atoms with E-state index in [2.05, 4.69) is 5.32 Å². The van der Waals surface area contributed by atoms with E-state index in [1.165, 1.54) is 6.08 Å². The minimum atomic E-state index is -0.678. The molecule has 0 spiro atoms. The van der Waals surface area contributed by atoms with Crippen molar-refractivity contribution in [2.75, 3.05) is 12.1 Å². The summed E-state index contributed by atoms with van der Waals surface area (Å²) in [4.78, 5) is 36.7. The highest BCUT2D eigenvalue weighted by atomic mass is 32.1. The van der Waals surface area contributed by atoms with Crippen LogP contribution in [0, 0.1) is 6.92 Å². The average molecular weight is 416 g/mol. The fourth-order valence-corrected chi connectivity index (χ4v) is 3.75. The molecule has 2 heterocycles. The third kappa shape index (κ3) is 4.57. The molecule has 0 saturated carbocycles. The Kier molecular flexibility index (Phi) is 5.88. The van der Waals surface area contributed by atoms with Crippen LogP contribution in [0.5, 0.6) is 11.5 Å². The molecule has 152 valence electrons. The number of carbonyl (C=O) groups excluding carboxylic acids is 3. The molecule has 0 aliphatic carbocycles. The smallest absolute Gasteiger partial charge is 0.341 e. The van der Waals surface area contributed by atoms with Gasteiger partial charge in [0.25, 0.3) is 5.91 Å². The van der Waals surface area contributed by atoms with Crippen LogP contribution >= 0.6 is 11.3 Å². The lowest BCUT2D eigenvalue weighted by molar-refractivity contribution is -0.111. The number of nitrogens with one attached hydrogen (secondary N) is 1. The number of primary amides is 1. The summed E-state index contributed by atoms with van der Waals surface area (Å²) >= 11 is 0.938. The largest absolute Gasteiger partial charge is 0.459 e. The first-order valence-corrected chi connectivity index (χ1v) is 9.60. The van der Waals surface area contributed by atoms with E-state index in [4.69, 9.17) is 19.9 Å². The first kappa shape index (κ1) is 20.4. The molecule has 2 amide bonds. The number of benzene rings is 1. The van der Waals surface area contributed by atoms with E-state index in [0.29, 0.717) is 17.1 Å². The zero-order chi connectivity index (χ0) is 21.1. The number of hydrogen-bond acceptors (Lipinski definition) is 7. The van der Waals surface area contributed by atoms with E-state index in [1.807, 2.05) is 0 Å². The van der Waals surface area contributed by atoms with Crippen molar-refractivity contribution in [3.05, 3.63) is 45.8 Å². The number of carbonyl (C=O) groups is 3. The first-order chi connectivity index (χ1) is 13.8. The SMILES string of the molecule is Cc1c(C(N)=O)sc(NC(=O)/C=C/c2ccc3c(c2)OCO3)c1C(=O)OC(C)C. The molecule has 8 nitrogen and oxygen atoms in total. The second kappa shape index (κ2) is 8.36. The van der Waals surface area contributed by atoms with Crippen molar-refractivity contribution in [1.82, 2.24) is 0 Å². The molecular weight excluding hydrogens is 396 g/mol. The number of ether oxygens (including phenoxy) is 3.